The Bertz CT molecular complexity index is 702. The zero-order valence-corrected chi connectivity index (χ0v) is 12.9. The molecular weight excluding hydrogens is 292 g/mol. The molecule has 3 aliphatic rings. The second-order valence-electron chi connectivity index (χ2n) is 6.37. The number of nitrogens with one attached hydrogen (secondary N) is 1. The molecule has 120 valence electrons. The zero-order chi connectivity index (χ0) is 15.8. The summed E-state index contributed by atoms with van der Waals surface area (Å²) in [6, 6.07) is 7.50. The Morgan fingerprint density at radius 3 is 2.65 bits per heavy atom. The van der Waals surface area contributed by atoms with Crippen molar-refractivity contribution in [3.8, 4) is 11.3 Å². The third-order valence-corrected chi connectivity index (χ3v) is 4.87. The number of nitrogens with zero attached hydrogens (tertiary/aromatic N) is 2. The minimum atomic E-state index is -0.231. The van der Waals surface area contributed by atoms with Gasteiger partial charge in [0.2, 0.25) is 0 Å². The molecule has 2 aromatic rings. The van der Waals surface area contributed by atoms with E-state index in [4.69, 9.17) is 10.2 Å². The van der Waals surface area contributed by atoms with Gasteiger partial charge in [-0.25, -0.2) is 4.98 Å². The smallest absolute Gasteiger partial charge is 0.307 e. The SMILES string of the molecule is Nc1ccc(-c2cnc(C(=O)N[C@H]3CN4CCC3CC4)o2)cc1. The molecule has 3 fully saturated rings. The van der Waals surface area contributed by atoms with Crippen molar-refractivity contribution in [1.82, 2.24) is 15.2 Å². The molecule has 3 saturated heterocycles. The Labute approximate surface area is 134 Å². The van der Waals surface area contributed by atoms with Crippen molar-refractivity contribution in [2.24, 2.45) is 5.92 Å². The van der Waals surface area contributed by atoms with Crippen LogP contribution in [-0.4, -0.2) is 41.5 Å². The topological polar surface area (TPSA) is 84.4 Å². The number of piperidine rings is 3. The highest BCUT2D eigenvalue weighted by Crippen LogP contribution is 2.28. The highest BCUT2D eigenvalue weighted by Gasteiger charge is 2.35. The summed E-state index contributed by atoms with van der Waals surface area (Å²) >= 11 is 0. The second-order valence-corrected chi connectivity index (χ2v) is 6.37. The van der Waals surface area contributed by atoms with Crippen molar-refractivity contribution in [2.45, 2.75) is 18.9 Å². The number of amides is 1. The molecule has 0 aliphatic carbocycles. The molecule has 1 atom stereocenters. The molecule has 1 aromatic heterocycles. The predicted molar refractivity (Wildman–Crippen MR) is 86.8 cm³/mol. The first-order chi connectivity index (χ1) is 11.2. The number of nitrogen functional groups attached to an aromatic ring is 1. The molecule has 1 amide bonds. The van der Waals surface area contributed by atoms with E-state index in [9.17, 15) is 4.79 Å². The average Bonchev–Trinajstić information content (AvgIpc) is 3.07. The van der Waals surface area contributed by atoms with Gasteiger partial charge >= 0.3 is 5.91 Å². The van der Waals surface area contributed by atoms with Gasteiger partial charge in [-0.15, -0.1) is 0 Å². The minimum Gasteiger partial charge on any atom is -0.432 e. The van der Waals surface area contributed by atoms with Gasteiger partial charge in [-0.2, -0.15) is 0 Å². The number of benzene rings is 1. The van der Waals surface area contributed by atoms with E-state index in [-0.39, 0.29) is 17.8 Å². The molecule has 0 radical (unpaired) electrons. The fourth-order valence-electron chi connectivity index (χ4n) is 3.52. The van der Waals surface area contributed by atoms with Gasteiger partial charge in [-0.05, 0) is 56.1 Å². The van der Waals surface area contributed by atoms with Crippen molar-refractivity contribution < 1.29 is 9.21 Å². The summed E-state index contributed by atoms with van der Waals surface area (Å²) in [7, 11) is 0. The van der Waals surface area contributed by atoms with Crippen molar-refractivity contribution in [2.75, 3.05) is 25.4 Å². The summed E-state index contributed by atoms with van der Waals surface area (Å²) in [5, 5.41) is 3.08. The molecule has 4 heterocycles. The number of carbonyl (C=O) groups is 1. The maximum Gasteiger partial charge on any atom is 0.307 e. The summed E-state index contributed by atoms with van der Waals surface area (Å²) in [6.45, 7) is 3.23. The molecule has 0 saturated carbocycles. The fraction of sp³-hybridized carbons (Fsp3) is 0.412. The Morgan fingerprint density at radius 1 is 1.26 bits per heavy atom. The van der Waals surface area contributed by atoms with E-state index in [0.717, 1.165) is 38.0 Å². The summed E-state index contributed by atoms with van der Waals surface area (Å²) in [4.78, 5) is 18.9. The lowest BCUT2D eigenvalue weighted by molar-refractivity contribution is 0.0602. The van der Waals surface area contributed by atoms with Crippen molar-refractivity contribution in [3.63, 3.8) is 0 Å². The van der Waals surface area contributed by atoms with Crippen LogP contribution in [0.3, 0.4) is 0 Å². The number of fused-ring (bicyclic) bond motifs is 3. The largest absolute Gasteiger partial charge is 0.432 e. The number of aromatic nitrogens is 1. The van der Waals surface area contributed by atoms with Crippen LogP contribution in [0.4, 0.5) is 5.69 Å². The molecule has 3 aliphatic heterocycles. The van der Waals surface area contributed by atoms with Crippen LogP contribution >= 0.6 is 0 Å². The van der Waals surface area contributed by atoms with Crippen LogP contribution in [0, 0.1) is 5.92 Å². The van der Waals surface area contributed by atoms with E-state index in [1.165, 1.54) is 0 Å². The maximum absolute atomic E-state index is 12.4. The highest BCUT2D eigenvalue weighted by atomic mass is 16.4. The van der Waals surface area contributed by atoms with Gasteiger partial charge in [0.15, 0.2) is 5.76 Å². The Kier molecular flexibility index (Phi) is 3.53. The van der Waals surface area contributed by atoms with E-state index in [1.807, 2.05) is 12.1 Å². The van der Waals surface area contributed by atoms with E-state index >= 15 is 0 Å². The molecule has 3 N–H and O–H groups in total. The van der Waals surface area contributed by atoms with Crippen molar-refractivity contribution in [1.29, 1.82) is 0 Å². The van der Waals surface area contributed by atoms with Gasteiger partial charge in [0.25, 0.3) is 5.89 Å². The van der Waals surface area contributed by atoms with Gasteiger partial charge in [-0.3, -0.25) is 4.79 Å². The number of nitrogens with two attached hydrogens (primary N) is 1. The molecule has 0 spiro atoms. The first-order valence-electron chi connectivity index (χ1n) is 8.04. The maximum atomic E-state index is 12.4. The van der Waals surface area contributed by atoms with Crippen LogP contribution in [-0.2, 0) is 0 Å². The van der Waals surface area contributed by atoms with Gasteiger partial charge in [-0.1, -0.05) is 0 Å². The van der Waals surface area contributed by atoms with Gasteiger partial charge in [0.1, 0.15) is 0 Å². The van der Waals surface area contributed by atoms with Crippen molar-refractivity contribution >= 4 is 11.6 Å². The monoisotopic (exact) mass is 312 g/mol. The van der Waals surface area contributed by atoms with Crippen LogP contribution < -0.4 is 11.1 Å². The predicted octanol–water partition coefficient (Wildman–Crippen LogP) is 1.75. The number of carbonyl (C=O) groups excluding carboxylic acids is 1. The lowest BCUT2D eigenvalue weighted by atomic mass is 9.84. The third-order valence-electron chi connectivity index (χ3n) is 4.87. The Morgan fingerprint density at radius 2 is 2.00 bits per heavy atom. The van der Waals surface area contributed by atoms with E-state index in [0.29, 0.717) is 17.4 Å². The number of hydrogen-bond acceptors (Lipinski definition) is 5. The molecule has 1 aromatic carbocycles. The van der Waals surface area contributed by atoms with Crippen LogP contribution in [0.1, 0.15) is 23.5 Å². The first kappa shape index (κ1) is 14.3. The minimum absolute atomic E-state index is 0.119. The molecule has 2 bridgehead atoms. The standard InChI is InChI=1S/C17H20N4O2/c18-13-3-1-12(2-4-13)15-9-19-17(23-15)16(22)20-14-10-21-7-5-11(14)6-8-21/h1-4,9,11,14H,5-8,10,18H2,(H,20,22)/t14-/m0/s1. The molecule has 5 rings (SSSR count). The fourth-order valence-corrected chi connectivity index (χ4v) is 3.52. The van der Waals surface area contributed by atoms with Crippen LogP contribution in [0.5, 0.6) is 0 Å². The molecule has 6 heteroatoms. The van der Waals surface area contributed by atoms with E-state index in [1.54, 1.807) is 18.3 Å². The van der Waals surface area contributed by atoms with Gasteiger partial charge < -0.3 is 20.4 Å². The molecular formula is C17H20N4O2. The van der Waals surface area contributed by atoms with Crippen molar-refractivity contribution in [3.05, 3.63) is 36.4 Å². The average molecular weight is 312 g/mol. The summed E-state index contributed by atoms with van der Waals surface area (Å²) in [5.41, 5.74) is 7.22. The van der Waals surface area contributed by atoms with E-state index < -0.39 is 0 Å². The van der Waals surface area contributed by atoms with Crippen LogP contribution in [0.2, 0.25) is 0 Å². The zero-order valence-electron chi connectivity index (χ0n) is 12.9. The summed E-state index contributed by atoms with van der Waals surface area (Å²) in [5.74, 6) is 1.04. The van der Waals surface area contributed by atoms with Gasteiger partial charge in [0.05, 0.1) is 6.20 Å². The number of anilines is 1. The highest BCUT2D eigenvalue weighted by molar-refractivity contribution is 5.90. The number of oxazole rings is 1. The third kappa shape index (κ3) is 2.82. The number of hydrogen-bond donors (Lipinski definition) is 2. The van der Waals surface area contributed by atoms with Crippen LogP contribution in [0.15, 0.2) is 34.9 Å². The lowest BCUT2D eigenvalue weighted by Gasteiger charge is -2.44. The Hall–Kier alpha value is -2.34. The quantitative estimate of drug-likeness (QED) is 0.844. The molecule has 23 heavy (non-hydrogen) atoms. The lowest BCUT2D eigenvalue weighted by Crippen LogP contribution is -2.57. The first-order valence-corrected chi connectivity index (χ1v) is 8.04. The number of rotatable bonds is 3. The molecule has 0 unspecified atom stereocenters. The summed E-state index contributed by atoms with van der Waals surface area (Å²) < 4.78 is 5.62. The summed E-state index contributed by atoms with van der Waals surface area (Å²) in [6.07, 6.45) is 3.90. The Balaban J connectivity index is 1.46. The second kappa shape index (κ2) is 5.70. The normalized spacial score (nSPS) is 26.2. The van der Waals surface area contributed by atoms with E-state index in [2.05, 4.69) is 15.2 Å². The van der Waals surface area contributed by atoms with Gasteiger partial charge in [0, 0.05) is 23.8 Å². The molecule has 6 nitrogen and oxygen atoms in total. The van der Waals surface area contributed by atoms with Crippen LogP contribution in [0.25, 0.3) is 11.3 Å².